The Bertz CT molecular complexity index is 362. The highest BCUT2D eigenvalue weighted by molar-refractivity contribution is 5.10. The first kappa shape index (κ1) is 13.6. The lowest BCUT2D eigenvalue weighted by molar-refractivity contribution is 0.366. The van der Waals surface area contributed by atoms with Gasteiger partial charge in [-0.1, -0.05) is 25.7 Å². The van der Waals surface area contributed by atoms with Crippen LogP contribution in [0.2, 0.25) is 0 Å². The summed E-state index contributed by atoms with van der Waals surface area (Å²) in [6.07, 6.45) is 9.15. The van der Waals surface area contributed by atoms with E-state index >= 15 is 0 Å². The monoisotopic (exact) mass is 249 g/mol. The number of aromatic nitrogens is 2. The summed E-state index contributed by atoms with van der Waals surface area (Å²) in [5.41, 5.74) is 8.86. The molecule has 0 saturated heterocycles. The van der Waals surface area contributed by atoms with Gasteiger partial charge >= 0.3 is 0 Å². The fraction of sp³-hybridized carbons (Fsp3) is 0.800. The van der Waals surface area contributed by atoms with Crippen molar-refractivity contribution in [2.75, 3.05) is 0 Å². The minimum atomic E-state index is 0.310. The van der Waals surface area contributed by atoms with Crippen LogP contribution in [0.4, 0.5) is 0 Å². The summed E-state index contributed by atoms with van der Waals surface area (Å²) in [6.45, 7) is 5.15. The van der Waals surface area contributed by atoms with Gasteiger partial charge in [-0.05, 0) is 38.7 Å². The fourth-order valence-electron chi connectivity index (χ4n) is 3.18. The standard InChI is InChI=1S/C15H27N3/c1-3-18-14(10-12(2)17-18)11-15(16)13-8-6-4-5-7-9-13/h10,13,15H,3-9,11,16H2,1-2H3. The van der Waals surface area contributed by atoms with E-state index < -0.39 is 0 Å². The molecule has 0 radical (unpaired) electrons. The zero-order valence-electron chi connectivity index (χ0n) is 11.9. The van der Waals surface area contributed by atoms with Crippen molar-refractivity contribution in [2.45, 2.75) is 71.4 Å². The number of rotatable bonds is 4. The predicted octanol–water partition coefficient (Wildman–Crippen LogP) is 3.05. The lowest BCUT2D eigenvalue weighted by atomic mass is 9.89. The average molecular weight is 249 g/mol. The van der Waals surface area contributed by atoms with E-state index in [1.165, 1.54) is 44.2 Å². The van der Waals surface area contributed by atoms with E-state index in [1.807, 2.05) is 0 Å². The maximum atomic E-state index is 6.44. The van der Waals surface area contributed by atoms with E-state index in [9.17, 15) is 0 Å². The summed E-state index contributed by atoms with van der Waals surface area (Å²) in [4.78, 5) is 0. The van der Waals surface area contributed by atoms with Gasteiger partial charge in [-0.25, -0.2) is 0 Å². The van der Waals surface area contributed by atoms with Crippen LogP contribution in [0.3, 0.4) is 0 Å². The van der Waals surface area contributed by atoms with Crippen LogP contribution < -0.4 is 5.73 Å². The second-order valence-electron chi connectivity index (χ2n) is 5.71. The van der Waals surface area contributed by atoms with E-state index in [-0.39, 0.29) is 0 Å². The summed E-state index contributed by atoms with van der Waals surface area (Å²) >= 11 is 0. The molecule has 0 amide bonds. The van der Waals surface area contributed by atoms with Gasteiger partial charge in [-0.2, -0.15) is 5.10 Å². The van der Waals surface area contributed by atoms with Gasteiger partial charge in [0.25, 0.3) is 0 Å². The Morgan fingerprint density at radius 3 is 2.61 bits per heavy atom. The number of hydrogen-bond donors (Lipinski definition) is 1. The Morgan fingerprint density at radius 1 is 1.33 bits per heavy atom. The summed E-state index contributed by atoms with van der Waals surface area (Å²) in [5.74, 6) is 0.716. The van der Waals surface area contributed by atoms with Crippen LogP contribution in [0.1, 0.15) is 56.8 Å². The van der Waals surface area contributed by atoms with Crippen LogP contribution in [0.25, 0.3) is 0 Å². The second kappa shape index (κ2) is 6.37. The van der Waals surface area contributed by atoms with Gasteiger partial charge in [0.2, 0.25) is 0 Å². The summed E-state index contributed by atoms with van der Waals surface area (Å²) in [7, 11) is 0. The first-order valence-corrected chi connectivity index (χ1v) is 7.49. The average Bonchev–Trinajstić information content (AvgIpc) is 2.58. The van der Waals surface area contributed by atoms with Gasteiger partial charge in [0, 0.05) is 24.7 Å². The highest BCUT2D eigenvalue weighted by atomic mass is 15.3. The van der Waals surface area contributed by atoms with Crippen molar-refractivity contribution < 1.29 is 0 Å². The molecule has 102 valence electrons. The third-order valence-corrected chi connectivity index (χ3v) is 4.24. The van der Waals surface area contributed by atoms with Gasteiger partial charge in [0.15, 0.2) is 0 Å². The fourth-order valence-corrected chi connectivity index (χ4v) is 3.18. The molecule has 0 aliphatic heterocycles. The van der Waals surface area contributed by atoms with Crippen LogP contribution in [0.15, 0.2) is 6.07 Å². The topological polar surface area (TPSA) is 43.8 Å². The summed E-state index contributed by atoms with van der Waals surface area (Å²) in [5, 5.41) is 4.51. The van der Waals surface area contributed by atoms with Crippen molar-refractivity contribution in [3.8, 4) is 0 Å². The van der Waals surface area contributed by atoms with E-state index in [2.05, 4.69) is 29.7 Å². The molecule has 1 fully saturated rings. The third kappa shape index (κ3) is 3.35. The highest BCUT2D eigenvalue weighted by Gasteiger charge is 2.21. The molecular weight excluding hydrogens is 222 g/mol. The van der Waals surface area contributed by atoms with E-state index in [0.29, 0.717) is 12.0 Å². The minimum Gasteiger partial charge on any atom is -0.327 e. The molecule has 18 heavy (non-hydrogen) atoms. The Labute approximate surface area is 111 Å². The third-order valence-electron chi connectivity index (χ3n) is 4.24. The number of aryl methyl sites for hydroxylation is 2. The molecule has 1 aromatic heterocycles. The Hall–Kier alpha value is -0.830. The molecule has 2 N–H and O–H groups in total. The van der Waals surface area contributed by atoms with Crippen molar-refractivity contribution in [3.63, 3.8) is 0 Å². The Balaban J connectivity index is 1.98. The number of hydrogen-bond acceptors (Lipinski definition) is 2. The van der Waals surface area contributed by atoms with Crippen molar-refractivity contribution >= 4 is 0 Å². The van der Waals surface area contributed by atoms with Crippen LogP contribution in [-0.2, 0) is 13.0 Å². The summed E-state index contributed by atoms with van der Waals surface area (Å²) < 4.78 is 2.10. The zero-order valence-corrected chi connectivity index (χ0v) is 11.9. The highest BCUT2D eigenvalue weighted by Crippen LogP contribution is 2.26. The van der Waals surface area contributed by atoms with Crippen LogP contribution >= 0.6 is 0 Å². The molecule has 3 heteroatoms. The summed E-state index contributed by atoms with van der Waals surface area (Å²) in [6, 6.07) is 2.50. The predicted molar refractivity (Wildman–Crippen MR) is 75.5 cm³/mol. The SMILES string of the molecule is CCn1nc(C)cc1CC(N)C1CCCCCC1. The molecule has 3 nitrogen and oxygen atoms in total. The molecule has 1 heterocycles. The normalized spacial score (nSPS) is 19.7. The zero-order chi connectivity index (χ0) is 13.0. The van der Waals surface area contributed by atoms with Crippen molar-refractivity contribution in [2.24, 2.45) is 11.7 Å². The quantitative estimate of drug-likeness (QED) is 0.833. The minimum absolute atomic E-state index is 0.310. The number of nitrogens with zero attached hydrogens (tertiary/aromatic N) is 2. The smallest absolute Gasteiger partial charge is 0.0596 e. The molecule has 2 rings (SSSR count). The maximum Gasteiger partial charge on any atom is 0.0596 e. The van der Waals surface area contributed by atoms with Gasteiger partial charge in [-0.3, -0.25) is 4.68 Å². The van der Waals surface area contributed by atoms with Crippen LogP contribution in [-0.4, -0.2) is 15.8 Å². The number of nitrogens with two attached hydrogens (primary N) is 1. The molecular formula is C15H27N3. The van der Waals surface area contributed by atoms with E-state index in [4.69, 9.17) is 5.73 Å². The van der Waals surface area contributed by atoms with E-state index in [1.54, 1.807) is 0 Å². The lowest BCUT2D eigenvalue weighted by Crippen LogP contribution is -2.33. The van der Waals surface area contributed by atoms with Crippen molar-refractivity contribution in [1.82, 2.24) is 9.78 Å². The lowest BCUT2D eigenvalue weighted by Gasteiger charge is -2.22. The van der Waals surface area contributed by atoms with Crippen molar-refractivity contribution in [1.29, 1.82) is 0 Å². The maximum absolute atomic E-state index is 6.44. The van der Waals surface area contributed by atoms with Gasteiger partial charge in [0.05, 0.1) is 5.69 Å². The molecule has 1 aliphatic carbocycles. The molecule has 1 unspecified atom stereocenters. The first-order chi connectivity index (χ1) is 8.70. The van der Waals surface area contributed by atoms with Gasteiger partial charge in [0.1, 0.15) is 0 Å². The first-order valence-electron chi connectivity index (χ1n) is 7.49. The second-order valence-corrected chi connectivity index (χ2v) is 5.71. The van der Waals surface area contributed by atoms with Crippen LogP contribution in [0, 0.1) is 12.8 Å². The van der Waals surface area contributed by atoms with E-state index in [0.717, 1.165) is 18.7 Å². The Kier molecular flexibility index (Phi) is 4.81. The molecule has 0 bridgehead atoms. The Morgan fingerprint density at radius 2 is 2.00 bits per heavy atom. The molecule has 1 atom stereocenters. The van der Waals surface area contributed by atoms with Crippen molar-refractivity contribution in [3.05, 3.63) is 17.5 Å². The molecule has 1 aliphatic rings. The molecule has 0 aromatic carbocycles. The largest absolute Gasteiger partial charge is 0.327 e. The molecule has 1 aromatic rings. The molecule has 1 saturated carbocycles. The van der Waals surface area contributed by atoms with Gasteiger partial charge < -0.3 is 5.73 Å². The molecule has 0 spiro atoms. The van der Waals surface area contributed by atoms with Gasteiger partial charge in [-0.15, -0.1) is 0 Å². The van der Waals surface area contributed by atoms with Crippen LogP contribution in [0.5, 0.6) is 0 Å².